The van der Waals surface area contributed by atoms with Crippen LogP contribution in [0.3, 0.4) is 0 Å². The Balaban J connectivity index is 2.04. The highest BCUT2D eigenvalue weighted by Crippen LogP contribution is 2.21. The van der Waals surface area contributed by atoms with Crippen LogP contribution in [0.2, 0.25) is 0 Å². The van der Waals surface area contributed by atoms with Gasteiger partial charge in [0.15, 0.2) is 0 Å². The molecule has 0 bridgehead atoms. The van der Waals surface area contributed by atoms with Crippen LogP contribution in [-0.2, 0) is 11.2 Å². The summed E-state index contributed by atoms with van der Waals surface area (Å²) in [5.74, 6) is -1.04. The topological polar surface area (TPSA) is 46.5 Å². The van der Waals surface area contributed by atoms with Gasteiger partial charge < -0.3 is 9.84 Å². The average molecular weight is 292 g/mol. The van der Waals surface area contributed by atoms with E-state index in [1.807, 2.05) is 16.8 Å². The fourth-order valence-corrected chi connectivity index (χ4v) is 2.36. The highest BCUT2D eigenvalue weighted by molar-refractivity contribution is 7.07. The molecule has 104 valence electrons. The molecule has 1 heterocycles. The third kappa shape index (κ3) is 4.20. The van der Waals surface area contributed by atoms with E-state index in [1.54, 1.807) is 11.3 Å². The van der Waals surface area contributed by atoms with Crippen molar-refractivity contribution in [1.82, 2.24) is 0 Å². The summed E-state index contributed by atoms with van der Waals surface area (Å²) in [5.41, 5.74) is 1.59. The Kier molecular flexibility index (Phi) is 4.90. The molecule has 2 aromatic rings. The molecule has 0 spiro atoms. The van der Waals surface area contributed by atoms with Crippen molar-refractivity contribution in [3.8, 4) is 5.75 Å². The lowest BCUT2D eigenvalue weighted by molar-refractivity contribution is -0.131. The fraction of sp³-hybridized carbons (Fsp3) is 0.133. The number of carbonyl (C=O) groups is 1. The maximum atomic E-state index is 13.2. The van der Waals surface area contributed by atoms with Crippen molar-refractivity contribution >= 4 is 23.4 Å². The molecule has 0 aliphatic heterocycles. The fourth-order valence-electron chi connectivity index (χ4n) is 1.66. The standard InChI is InChI=1S/C15H13FO3S/c16-13-2-3-14(12(9-13)1-4-15(17)18)19-7-5-11-6-8-20-10-11/h1-4,6,8-10H,5,7H2,(H,17,18)/b4-1+. The third-order valence-corrected chi connectivity index (χ3v) is 3.34. The SMILES string of the molecule is O=C(O)/C=C/c1cc(F)ccc1OCCc1ccsc1. The van der Waals surface area contributed by atoms with Gasteiger partial charge in [0.2, 0.25) is 0 Å². The van der Waals surface area contributed by atoms with E-state index in [0.29, 0.717) is 17.9 Å². The summed E-state index contributed by atoms with van der Waals surface area (Å²) in [6.07, 6.45) is 3.04. The molecular formula is C15H13FO3S. The first-order chi connectivity index (χ1) is 9.65. The molecule has 1 N–H and O–H groups in total. The molecule has 0 amide bonds. The summed E-state index contributed by atoms with van der Waals surface area (Å²) in [5, 5.41) is 12.7. The number of thiophene rings is 1. The number of hydrogen-bond donors (Lipinski definition) is 1. The molecule has 1 aromatic carbocycles. The Hall–Kier alpha value is -2.14. The first-order valence-corrected chi connectivity index (χ1v) is 6.94. The summed E-state index contributed by atoms with van der Waals surface area (Å²) in [6.45, 7) is 0.455. The molecule has 5 heteroatoms. The van der Waals surface area contributed by atoms with Gasteiger partial charge in [0.25, 0.3) is 0 Å². The minimum absolute atomic E-state index is 0.415. The third-order valence-electron chi connectivity index (χ3n) is 2.61. The zero-order valence-electron chi connectivity index (χ0n) is 10.6. The molecule has 0 radical (unpaired) electrons. The molecule has 0 aliphatic carbocycles. The van der Waals surface area contributed by atoms with Crippen molar-refractivity contribution in [1.29, 1.82) is 0 Å². The molecule has 0 aliphatic rings. The van der Waals surface area contributed by atoms with Crippen LogP contribution in [0.15, 0.2) is 41.1 Å². The first kappa shape index (κ1) is 14.3. The minimum atomic E-state index is -1.08. The van der Waals surface area contributed by atoms with Crippen molar-refractivity contribution in [2.45, 2.75) is 6.42 Å². The van der Waals surface area contributed by atoms with Crippen LogP contribution in [-0.4, -0.2) is 17.7 Å². The molecule has 3 nitrogen and oxygen atoms in total. The quantitative estimate of drug-likeness (QED) is 0.827. The Labute approximate surface area is 119 Å². The highest BCUT2D eigenvalue weighted by Gasteiger charge is 2.04. The van der Waals surface area contributed by atoms with Gasteiger partial charge in [-0.3, -0.25) is 0 Å². The number of ether oxygens (including phenoxy) is 1. The number of carboxylic acids is 1. The molecule has 0 saturated heterocycles. The van der Waals surface area contributed by atoms with Crippen LogP contribution in [0, 0.1) is 5.82 Å². The number of benzene rings is 1. The van der Waals surface area contributed by atoms with Crippen molar-refractivity contribution in [2.24, 2.45) is 0 Å². The zero-order valence-corrected chi connectivity index (χ0v) is 11.4. The number of carboxylic acid groups (broad SMARTS) is 1. The van der Waals surface area contributed by atoms with Gasteiger partial charge in [0.1, 0.15) is 11.6 Å². The van der Waals surface area contributed by atoms with E-state index in [9.17, 15) is 9.18 Å². The summed E-state index contributed by atoms with van der Waals surface area (Å²) in [6, 6.07) is 6.06. The van der Waals surface area contributed by atoms with Gasteiger partial charge in [-0.05, 0) is 46.7 Å². The second-order valence-corrected chi connectivity index (χ2v) is 4.86. The van der Waals surface area contributed by atoms with Crippen LogP contribution in [0.1, 0.15) is 11.1 Å². The Morgan fingerprint density at radius 2 is 2.25 bits per heavy atom. The zero-order chi connectivity index (χ0) is 14.4. The molecule has 2 rings (SSSR count). The Bertz CT molecular complexity index is 606. The van der Waals surface area contributed by atoms with E-state index in [4.69, 9.17) is 9.84 Å². The molecule has 20 heavy (non-hydrogen) atoms. The van der Waals surface area contributed by atoms with E-state index in [-0.39, 0.29) is 0 Å². The van der Waals surface area contributed by atoms with Gasteiger partial charge in [-0.1, -0.05) is 0 Å². The van der Waals surface area contributed by atoms with Gasteiger partial charge in [-0.2, -0.15) is 11.3 Å². The van der Waals surface area contributed by atoms with Crippen molar-refractivity contribution in [2.75, 3.05) is 6.61 Å². The second kappa shape index (κ2) is 6.86. The van der Waals surface area contributed by atoms with Gasteiger partial charge >= 0.3 is 5.97 Å². The van der Waals surface area contributed by atoms with E-state index in [0.717, 1.165) is 12.5 Å². The lowest BCUT2D eigenvalue weighted by atomic mass is 10.2. The van der Waals surface area contributed by atoms with Gasteiger partial charge in [-0.15, -0.1) is 0 Å². The Morgan fingerprint density at radius 3 is 2.95 bits per heavy atom. The van der Waals surface area contributed by atoms with Crippen LogP contribution in [0.25, 0.3) is 6.08 Å². The largest absolute Gasteiger partial charge is 0.493 e. The summed E-state index contributed by atoms with van der Waals surface area (Å²) < 4.78 is 18.8. The number of rotatable bonds is 6. The van der Waals surface area contributed by atoms with Crippen LogP contribution in [0.5, 0.6) is 5.75 Å². The molecule has 0 atom stereocenters. The molecule has 0 fully saturated rings. The van der Waals surface area contributed by atoms with E-state index < -0.39 is 11.8 Å². The van der Waals surface area contributed by atoms with Gasteiger partial charge in [0.05, 0.1) is 6.61 Å². The second-order valence-electron chi connectivity index (χ2n) is 4.08. The molecule has 1 aromatic heterocycles. The Morgan fingerprint density at radius 1 is 1.40 bits per heavy atom. The molecule has 0 unspecified atom stereocenters. The summed E-state index contributed by atoms with van der Waals surface area (Å²) in [7, 11) is 0. The van der Waals surface area contributed by atoms with Crippen LogP contribution >= 0.6 is 11.3 Å². The van der Waals surface area contributed by atoms with Crippen molar-refractivity contribution < 1.29 is 19.0 Å². The summed E-state index contributed by atoms with van der Waals surface area (Å²) in [4.78, 5) is 10.5. The highest BCUT2D eigenvalue weighted by atomic mass is 32.1. The smallest absolute Gasteiger partial charge is 0.328 e. The normalized spacial score (nSPS) is 10.8. The number of hydrogen-bond acceptors (Lipinski definition) is 3. The van der Waals surface area contributed by atoms with Crippen LogP contribution in [0.4, 0.5) is 4.39 Å². The first-order valence-electron chi connectivity index (χ1n) is 5.99. The van der Waals surface area contributed by atoms with E-state index in [1.165, 1.54) is 29.8 Å². The maximum Gasteiger partial charge on any atom is 0.328 e. The lowest BCUT2D eigenvalue weighted by Gasteiger charge is -2.09. The monoisotopic (exact) mass is 292 g/mol. The van der Waals surface area contributed by atoms with Crippen molar-refractivity contribution in [3.63, 3.8) is 0 Å². The van der Waals surface area contributed by atoms with Crippen LogP contribution < -0.4 is 4.74 Å². The van der Waals surface area contributed by atoms with E-state index in [2.05, 4.69) is 0 Å². The number of aliphatic carboxylic acids is 1. The molecule has 0 saturated carbocycles. The van der Waals surface area contributed by atoms with Gasteiger partial charge in [0, 0.05) is 18.1 Å². The predicted octanol–water partition coefficient (Wildman–Crippen LogP) is 3.61. The van der Waals surface area contributed by atoms with Crippen molar-refractivity contribution in [3.05, 3.63) is 58.0 Å². The average Bonchev–Trinajstić information content (AvgIpc) is 2.91. The van der Waals surface area contributed by atoms with E-state index >= 15 is 0 Å². The maximum absolute atomic E-state index is 13.2. The minimum Gasteiger partial charge on any atom is -0.493 e. The summed E-state index contributed by atoms with van der Waals surface area (Å²) >= 11 is 1.62. The predicted molar refractivity (Wildman–Crippen MR) is 76.6 cm³/mol. The number of halogens is 1. The van der Waals surface area contributed by atoms with Gasteiger partial charge in [-0.25, -0.2) is 9.18 Å². The lowest BCUT2D eigenvalue weighted by Crippen LogP contribution is -2.02. The molecular weight excluding hydrogens is 279 g/mol.